The number of hydrogen-bond acceptors (Lipinski definition) is 4. The molecule has 0 aliphatic rings. The van der Waals surface area contributed by atoms with Crippen LogP contribution in [-0.2, 0) is 22.3 Å². The molecule has 2 aromatic carbocycles. The summed E-state index contributed by atoms with van der Waals surface area (Å²) in [6, 6.07) is 15.5. The molecule has 1 unspecified atom stereocenters. The van der Waals surface area contributed by atoms with Gasteiger partial charge in [-0.05, 0) is 30.3 Å². The van der Waals surface area contributed by atoms with E-state index in [2.05, 4.69) is 5.16 Å². The first-order chi connectivity index (χ1) is 11.7. The van der Waals surface area contributed by atoms with Crippen LogP contribution >= 0.6 is 0 Å². The summed E-state index contributed by atoms with van der Waals surface area (Å²) in [5.41, 5.74) is 1.98. The van der Waals surface area contributed by atoms with E-state index in [-0.39, 0.29) is 17.3 Å². The van der Waals surface area contributed by atoms with Crippen molar-refractivity contribution in [1.82, 2.24) is 5.16 Å². The van der Waals surface area contributed by atoms with Gasteiger partial charge < -0.3 is 9.26 Å². The smallest absolute Gasteiger partial charge is 0.149 e. The van der Waals surface area contributed by atoms with Crippen LogP contribution in [0.3, 0.4) is 0 Å². The second-order valence-electron chi connectivity index (χ2n) is 5.23. The molecule has 24 heavy (non-hydrogen) atoms. The van der Waals surface area contributed by atoms with Gasteiger partial charge in [0.25, 0.3) is 0 Å². The molecule has 1 heterocycles. The molecule has 0 saturated carbocycles. The topological polar surface area (TPSA) is 52.3 Å². The standard InChI is InChI=1S/C18H16FNO3S/c1-22-15-8-6-13(7-9-15)18-10-16(23-20-18)12-24(21)11-14-4-2-3-5-17(14)19/h2-10H,11-12H2,1H3. The minimum Gasteiger partial charge on any atom is -0.497 e. The lowest BCUT2D eigenvalue weighted by atomic mass is 10.1. The van der Waals surface area contributed by atoms with E-state index in [0.29, 0.717) is 17.0 Å². The molecule has 0 aliphatic carbocycles. The van der Waals surface area contributed by atoms with E-state index in [9.17, 15) is 8.60 Å². The van der Waals surface area contributed by atoms with Gasteiger partial charge in [-0.2, -0.15) is 0 Å². The van der Waals surface area contributed by atoms with Gasteiger partial charge >= 0.3 is 0 Å². The van der Waals surface area contributed by atoms with Crippen molar-refractivity contribution in [1.29, 1.82) is 0 Å². The number of halogens is 1. The van der Waals surface area contributed by atoms with Crippen molar-refractivity contribution in [3.63, 3.8) is 0 Å². The Morgan fingerprint density at radius 2 is 1.88 bits per heavy atom. The van der Waals surface area contributed by atoms with Gasteiger partial charge in [0.2, 0.25) is 0 Å². The molecule has 3 aromatic rings. The molecule has 0 bridgehead atoms. The molecule has 0 N–H and O–H groups in total. The van der Waals surface area contributed by atoms with Gasteiger partial charge in [-0.3, -0.25) is 4.21 Å². The fourth-order valence-corrected chi connectivity index (χ4v) is 3.41. The lowest BCUT2D eigenvalue weighted by molar-refractivity contribution is 0.396. The summed E-state index contributed by atoms with van der Waals surface area (Å²) in [7, 11) is 0.331. The van der Waals surface area contributed by atoms with Crippen molar-refractivity contribution in [2.75, 3.05) is 7.11 Å². The van der Waals surface area contributed by atoms with Crippen LogP contribution in [0.5, 0.6) is 5.75 Å². The summed E-state index contributed by atoms with van der Waals surface area (Å²) in [5, 5.41) is 4.00. The molecule has 0 saturated heterocycles. The number of rotatable bonds is 6. The number of ether oxygens (including phenoxy) is 1. The zero-order valence-electron chi connectivity index (χ0n) is 13.1. The molecule has 4 nitrogen and oxygen atoms in total. The number of aromatic nitrogens is 1. The number of hydrogen-bond donors (Lipinski definition) is 0. The summed E-state index contributed by atoms with van der Waals surface area (Å²) in [6.45, 7) is 0. The second-order valence-corrected chi connectivity index (χ2v) is 6.68. The molecule has 3 rings (SSSR count). The van der Waals surface area contributed by atoms with Gasteiger partial charge in [-0.15, -0.1) is 0 Å². The Morgan fingerprint density at radius 3 is 2.58 bits per heavy atom. The van der Waals surface area contributed by atoms with Crippen molar-refractivity contribution < 1.29 is 17.9 Å². The maximum atomic E-state index is 13.6. The highest BCUT2D eigenvalue weighted by molar-refractivity contribution is 7.83. The first kappa shape index (κ1) is 16.4. The first-order valence-electron chi connectivity index (χ1n) is 7.34. The molecule has 0 spiro atoms. The zero-order chi connectivity index (χ0) is 16.9. The SMILES string of the molecule is COc1ccc(-c2cc(CS(=O)Cc3ccccc3F)on2)cc1. The first-order valence-corrected chi connectivity index (χ1v) is 8.83. The fourth-order valence-electron chi connectivity index (χ4n) is 2.28. The van der Waals surface area contributed by atoms with Gasteiger partial charge in [-0.1, -0.05) is 23.4 Å². The molecule has 6 heteroatoms. The lowest BCUT2D eigenvalue weighted by Gasteiger charge is -2.01. The maximum Gasteiger partial charge on any atom is 0.149 e. The van der Waals surface area contributed by atoms with Crippen LogP contribution in [-0.4, -0.2) is 16.5 Å². The van der Waals surface area contributed by atoms with Gasteiger partial charge in [0.15, 0.2) is 0 Å². The summed E-state index contributed by atoms with van der Waals surface area (Å²) in [4.78, 5) is 0. The predicted molar refractivity (Wildman–Crippen MR) is 90.4 cm³/mol. The predicted octanol–water partition coefficient (Wildman–Crippen LogP) is 3.94. The van der Waals surface area contributed by atoms with Gasteiger partial charge in [0.05, 0.1) is 18.6 Å². The van der Waals surface area contributed by atoms with Crippen LogP contribution in [0.2, 0.25) is 0 Å². The van der Waals surface area contributed by atoms with E-state index >= 15 is 0 Å². The number of methoxy groups -OCH3 is 1. The summed E-state index contributed by atoms with van der Waals surface area (Å²) in [5.74, 6) is 1.26. The lowest BCUT2D eigenvalue weighted by Crippen LogP contribution is -2.00. The van der Waals surface area contributed by atoms with E-state index in [1.54, 1.807) is 31.4 Å². The Labute approximate surface area is 141 Å². The third-order valence-electron chi connectivity index (χ3n) is 3.52. The van der Waals surface area contributed by atoms with Gasteiger partial charge in [0.1, 0.15) is 23.0 Å². The quantitative estimate of drug-likeness (QED) is 0.679. The van der Waals surface area contributed by atoms with Crippen LogP contribution in [0.25, 0.3) is 11.3 Å². The normalized spacial score (nSPS) is 12.1. The third kappa shape index (κ3) is 3.89. The number of nitrogens with zero attached hydrogens (tertiary/aromatic N) is 1. The van der Waals surface area contributed by atoms with Crippen LogP contribution in [0.4, 0.5) is 4.39 Å². The fraction of sp³-hybridized carbons (Fsp3) is 0.167. The Bertz CT molecular complexity index is 845. The van der Waals surface area contributed by atoms with Crippen molar-refractivity contribution in [2.24, 2.45) is 0 Å². The Kier molecular flexibility index (Phi) is 5.05. The Morgan fingerprint density at radius 1 is 1.12 bits per heavy atom. The molecular weight excluding hydrogens is 329 g/mol. The minimum atomic E-state index is -1.27. The molecule has 1 aromatic heterocycles. The molecule has 124 valence electrons. The minimum absolute atomic E-state index is 0.144. The van der Waals surface area contributed by atoms with Gasteiger partial charge in [-0.25, -0.2) is 4.39 Å². The van der Waals surface area contributed by atoms with Gasteiger partial charge in [0, 0.05) is 28.0 Å². The van der Waals surface area contributed by atoms with E-state index in [0.717, 1.165) is 11.3 Å². The molecular formula is C18H16FNO3S. The Balaban J connectivity index is 1.67. The van der Waals surface area contributed by atoms with Crippen molar-refractivity contribution >= 4 is 10.8 Å². The van der Waals surface area contributed by atoms with E-state index in [1.807, 2.05) is 24.3 Å². The molecule has 0 aliphatic heterocycles. The summed E-state index contributed by atoms with van der Waals surface area (Å²) < 4.78 is 36.2. The highest BCUT2D eigenvalue weighted by Crippen LogP contribution is 2.23. The summed E-state index contributed by atoms with van der Waals surface area (Å²) >= 11 is 0. The molecule has 0 amide bonds. The number of benzene rings is 2. The largest absolute Gasteiger partial charge is 0.497 e. The van der Waals surface area contributed by atoms with E-state index in [1.165, 1.54) is 6.07 Å². The molecule has 1 atom stereocenters. The van der Waals surface area contributed by atoms with Crippen LogP contribution < -0.4 is 4.74 Å². The van der Waals surface area contributed by atoms with Crippen LogP contribution in [0.15, 0.2) is 59.1 Å². The summed E-state index contributed by atoms with van der Waals surface area (Å²) in [6.07, 6.45) is 0. The van der Waals surface area contributed by atoms with E-state index < -0.39 is 10.8 Å². The average molecular weight is 345 g/mol. The third-order valence-corrected chi connectivity index (χ3v) is 4.76. The highest BCUT2D eigenvalue weighted by Gasteiger charge is 2.12. The second kappa shape index (κ2) is 7.40. The molecule has 0 fully saturated rings. The van der Waals surface area contributed by atoms with Crippen LogP contribution in [0.1, 0.15) is 11.3 Å². The highest BCUT2D eigenvalue weighted by atomic mass is 32.2. The van der Waals surface area contributed by atoms with Crippen LogP contribution in [0, 0.1) is 5.82 Å². The molecule has 0 radical (unpaired) electrons. The van der Waals surface area contributed by atoms with Crippen molar-refractivity contribution in [3.05, 3.63) is 71.7 Å². The van der Waals surface area contributed by atoms with Crippen molar-refractivity contribution in [2.45, 2.75) is 11.5 Å². The average Bonchev–Trinajstić information content (AvgIpc) is 3.05. The van der Waals surface area contributed by atoms with Crippen molar-refractivity contribution in [3.8, 4) is 17.0 Å². The zero-order valence-corrected chi connectivity index (χ0v) is 13.9. The van der Waals surface area contributed by atoms with E-state index in [4.69, 9.17) is 9.26 Å². The maximum absolute atomic E-state index is 13.6. The monoisotopic (exact) mass is 345 g/mol. The Hall–Kier alpha value is -2.47.